The first-order chi connectivity index (χ1) is 12.3. The number of likely N-dealkylation sites (N-methyl/N-ethyl adjacent to an activating group) is 1. The predicted octanol–water partition coefficient (Wildman–Crippen LogP) is 0.170. The molecule has 1 aromatic carbocycles. The Balaban J connectivity index is 1.87. The summed E-state index contributed by atoms with van der Waals surface area (Å²) in [6, 6.07) is 10.1. The van der Waals surface area contributed by atoms with Crippen LogP contribution in [0, 0.1) is 0 Å². The number of benzene rings is 1. The fourth-order valence-corrected chi connectivity index (χ4v) is 3.67. The summed E-state index contributed by atoms with van der Waals surface area (Å²) in [7, 11) is -1.56. The number of aliphatic carboxylic acids is 1. The van der Waals surface area contributed by atoms with Crippen LogP contribution in [0.25, 0.3) is 0 Å². The molecular weight excluding hydrogens is 358 g/mol. The van der Waals surface area contributed by atoms with Crippen LogP contribution in [0.5, 0.6) is 0 Å². The van der Waals surface area contributed by atoms with E-state index >= 15 is 0 Å². The molecule has 0 radical (unpaired) electrons. The molecule has 1 N–H and O–H groups in total. The molecule has 1 aliphatic heterocycles. The Hall–Kier alpha value is -1.68. The van der Waals surface area contributed by atoms with Gasteiger partial charge in [-0.05, 0) is 12.1 Å². The van der Waals surface area contributed by atoms with Crippen molar-refractivity contribution in [1.82, 2.24) is 9.21 Å². The lowest BCUT2D eigenvalue weighted by Crippen LogP contribution is -2.50. The normalized spacial score (nSPS) is 18.8. The fourth-order valence-electron chi connectivity index (χ4n) is 2.89. The van der Waals surface area contributed by atoms with Crippen LogP contribution in [0.2, 0.25) is 0 Å². The first kappa shape index (κ1) is 20.6. The van der Waals surface area contributed by atoms with Gasteiger partial charge in [0.15, 0.2) is 0 Å². The van der Waals surface area contributed by atoms with Crippen LogP contribution in [0.15, 0.2) is 30.3 Å². The SMILES string of the molecule is CN(CCN1CCOC(CN(CC(=O)O)S(C)(=O)=O)C1)c1ccccc1. The Morgan fingerprint density at radius 1 is 1.35 bits per heavy atom. The van der Waals surface area contributed by atoms with Crippen molar-refractivity contribution in [3.05, 3.63) is 30.3 Å². The molecule has 26 heavy (non-hydrogen) atoms. The molecule has 0 aliphatic carbocycles. The lowest BCUT2D eigenvalue weighted by molar-refractivity contribution is -0.137. The lowest BCUT2D eigenvalue weighted by atomic mass is 10.2. The number of hydrogen-bond donors (Lipinski definition) is 1. The van der Waals surface area contributed by atoms with Crippen molar-refractivity contribution in [3.8, 4) is 0 Å². The van der Waals surface area contributed by atoms with Gasteiger partial charge in [-0.25, -0.2) is 8.42 Å². The van der Waals surface area contributed by atoms with Crippen molar-refractivity contribution in [2.45, 2.75) is 6.10 Å². The van der Waals surface area contributed by atoms with E-state index in [-0.39, 0.29) is 12.6 Å². The molecule has 1 atom stereocenters. The number of carbonyl (C=O) groups is 1. The second kappa shape index (κ2) is 9.31. The monoisotopic (exact) mass is 385 g/mol. The molecule has 0 bridgehead atoms. The smallest absolute Gasteiger partial charge is 0.318 e. The van der Waals surface area contributed by atoms with Crippen molar-refractivity contribution in [1.29, 1.82) is 0 Å². The van der Waals surface area contributed by atoms with Crippen molar-refractivity contribution in [3.63, 3.8) is 0 Å². The van der Waals surface area contributed by atoms with Crippen LogP contribution in [-0.2, 0) is 19.6 Å². The van der Waals surface area contributed by atoms with Gasteiger partial charge in [-0.2, -0.15) is 4.31 Å². The van der Waals surface area contributed by atoms with E-state index in [1.54, 1.807) is 0 Å². The number of carboxylic acid groups (broad SMARTS) is 1. The topological polar surface area (TPSA) is 90.4 Å². The molecule has 9 heteroatoms. The minimum atomic E-state index is -3.59. The molecule has 1 unspecified atom stereocenters. The third-order valence-corrected chi connectivity index (χ3v) is 5.58. The number of rotatable bonds is 9. The van der Waals surface area contributed by atoms with Gasteiger partial charge in [-0.15, -0.1) is 0 Å². The molecule has 1 aliphatic rings. The summed E-state index contributed by atoms with van der Waals surface area (Å²) in [6.07, 6.45) is 0.686. The first-order valence-electron chi connectivity index (χ1n) is 8.53. The van der Waals surface area contributed by atoms with E-state index in [1.807, 2.05) is 25.2 Å². The lowest BCUT2D eigenvalue weighted by Gasteiger charge is -2.35. The molecule has 1 fully saturated rings. The summed E-state index contributed by atoms with van der Waals surface area (Å²) in [5, 5.41) is 8.92. The quantitative estimate of drug-likeness (QED) is 0.648. The van der Waals surface area contributed by atoms with E-state index in [0.717, 1.165) is 35.9 Å². The maximum Gasteiger partial charge on any atom is 0.318 e. The average Bonchev–Trinajstić information content (AvgIpc) is 2.59. The largest absolute Gasteiger partial charge is 0.480 e. The van der Waals surface area contributed by atoms with Gasteiger partial charge in [0.05, 0.1) is 19.0 Å². The van der Waals surface area contributed by atoms with Crippen LogP contribution < -0.4 is 4.90 Å². The number of morpholine rings is 1. The summed E-state index contributed by atoms with van der Waals surface area (Å²) in [5.74, 6) is -1.17. The zero-order chi connectivity index (χ0) is 19.2. The number of sulfonamides is 1. The molecule has 146 valence electrons. The molecule has 0 aromatic heterocycles. The number of carboxylic acids is 1. The zero-order valence-corrected chi connectivity index (χ0v) is 16.1. The van der Waals surface area contributed by atoms with Crippen molar-refractivity contribution in [2.24, 2.45) is 0 Å². The number of hydrogen-bond acceptors (Lipinski definition) is 6. The van der Waals surface area contributed by atoms with Crippen LogP contribution in [0.1, 0.15) is 0 Å². The number of nitrogens with zero attached hydrogens (tertiary/aromatic N) is 3. The van der Waals surface area contributed by atoms with Gasteiger partial charge in [0.1, 0.15) is 6.54 Å². The molecule has 0 saturated carbocycles. The molecule has 0 spiro atoms. The summed E-state index contributed by atoms with van der Waals surface area (Å²) in [4.78, 5) is 15.3. The summed E-state index contributed by atoms with van der Waals surface area (Å²) >= 11 is 0. The van der Waals surface area contributed by atoms with E-state index in [1.165, 1.54) is 0 Å². The van der Waals surface area contributed by atoms with Gasteiger partial charge in [-0.1, -0.05) is 18.2 Å². The van der Waals surface area contributed by atoms with Gasteiger partial charge in [0, 0.05) is 45.5 Å². The highest BCUT2D eigenvalue weighted by Gasteiger charge is 2.28. The minimum Gasteiger partial charge on any atom is -0.480 e. The Kier molecular flexibility index (Phi) is 7.39. The molecule has 8 nitrogen and oxygen atoms in total. The third kappa shape index (κ3) is 6.56. The number of ether oxygens (including phenoxy) is 1. The van der Waals surface area contributed by atoms with Gasteiger partial charge in [0.2, 0.25) is 10.0 Å². The van der Waals surface area contributed by atoms with E-state index in [0.29, 0.717) is 13.2 Å². The molecular formula is C17H27N3O5S. The maximum atomic E-state index is 11.8. The molecule has 0 amide bonds. The standard InChI is InChI=1S/C17H27N3O5S/c1-18(15-6-4-3-5-7-15)8-9-19-10-11-25-16(12-19)13-20(14-17(21)22)26(2,23)24/h3-7,16H,8-14H2,1-2H3,(H,21,22). The summed E-state index contributed by atoms with van der Waals surface area (Å²) in [5.41, 5.74) is 1.14. The maximum absolute atomic E-state index is 11.8. The predicted molar refractivity (Wildman–Crippen MR) is 99.9 cm³/mol. The van der Waals surface area contributed by atoms with E-state index < -0.39 is 22.5 Å². The molecule has 1 heterocycles. The Morgan fingerprint density at radius 2 is 2.04 bits per heavy atom. The second-order valence-electron chi connectivity index (χ2n) is 6.50. The average molecular weight is 385 g/mol. The van der Waals surface area contributed by atoms with E-state index in [2.05, 4.69) is 21.9 Å². The highest BCUT2D eigenvalue weighted by atomic mass is 32.2. The zero-order valence-electron chi connectivity index (χ0n) is 15.2. The highest BCUT2D eigenvalue weighted by molar-refractivity contribution is 7.88. The minimum absolute atomic E-state index is 0.0517. The van der Waals surface area contributed by atoms with E-state index in [4.69, 9.17) is 9.84 Å². The summed E-state index contributed by atoms with van der Waals surface area (Å²) in [6.45, 7) is 3.02. The van der Waals surface area contributed by atoms with Gasteiger partial charge in [-0.3, -0.25) is 9.69 Å². The first-order valence-corrected chi connectivity index (χ1v) is 10.4. The van der Waals surface area contributed by atoms with Crippen molar-refractivity contribution >= 4 is 21.7 Å². The van der Waals surface area contributed by atoms with Crippen LogP contribution in [0.3, 0.4) is 0 Å². The Morgan fingerprint density at radius 3 is 2.65 bits per heavy atom. The number of para-hydroxylation sites is 1. The second-order valence-corrected chi connectivity index (χ2v) is 8.48. The van der Waals surface area contributed by atoms with Crippen LogP contribution in [-0.4, -0.2) is 94.0 Å². The third-order valence-electron chi connectivity index (χ3n) is 4.36. The van der Waals surface area contributed by atoms with Gasteiger partial charge in [0.25, 0.3) is 0 Å². The Labute approximate surface area is 155 Å². The van der Waals surface area contributed by atoms with Gasteiger partial charge >= 0.3 is 5.97 Å². The Bertz CT molecular complexity index is 683. The fraction of sp³-hybridized carbons (Fsp3) is 0.588. The van der Waals surface area contributed by atoms with Crippen molar-refractivity contribution in [2.75, 3.05) is 64.1 Å². The summed E-state index contributed by atoms with van der Waals surface area (Å²) < 4.78 is 30.2. The van der Waals surface area contributed by atoms with Crippen LogP contribution >= 0.6 is 0 Å². The highest BCUT2D eigenvalue weighted by Crippen LogP contribution is 2.12. The molecule has 1 aromatic rings. The number of anilines is 1. The van der Waals surface area contributed by atoms with Gasteiger partial charge < -0.3 is 14.7 Å². The molecule has 1 saturated heterocycles. The van der Waals surface area contributed by atoms with E-state index in [9.17, 15) is 13.2 Å². The van der Waals surface area contributed by atoms with Crippen molar-refractivity contribution < 1.29 is 23.1 Å². The molecule has 2 rings (SSSR count). The van der Waals surface area contributed by atoms with Crippen LogP contribution in [0.4, 0.5) is 5.69 Å².